The van der Waals surface area contributed by atoms with Crippen molar-refractivity contribution in [3.05, 3.63) is 63.0 Å². The van der Waals surface area contributed by atoms with Crippen LogP contribution < -0.4 is 4.74 Å². The van der Waals surface area contributed by atoms with E-state index < -0.39 is 5.82 Å². The highest BCUT2D eigenvalue weighted by Crippen LogP contribution is 2.22. The van der Waals surface area contributed by atoms with Crippen molar-refractivity contribution >= 4 is 22.6 Å². The molecule has 0 unspecified atom stereocenters. The molecule has 0 atom stereocenters. The number of halogens is 2. The third-order valence-corrected chi connectivity index (χ3v) is 3.48. The van der Waals surface area contributed by atoms with Crippen LogP contribution >= 0.6 is 22.6 Å². The first-order chi connectivity index (χ1) is 8.72. The quantitative estimate of drug-likeness (QED) is 0.785. The van der Waals surface area contributed by atoms with E-state index in [0.29, 0.717) is 6.61 Å². The summed E-state index contributed by atoms with van der Waals surface area (Å²) in [5.74, 6) is -0.282. The highest BCUT2D eigenvalue weighted by molar-refractivity contribution is 14.1. The summed E-state index contributed by atoms with van der Waals surface area (Å²) in [6.07, 6.45) is 0. The van der Waals surface area contributed by atoms with Gasteiger partial charge in [0.15, 0.2) is 0 Å². The van der Waals surface area contributed by atoms with Crippen molar-refractivity contribution < 1.29 is 9.13 Å². The van der Waals surface area contributed by atoms with Crippen LogP contribution in [-0.2, 0) is 6.61 Å². The van der Waals surface area contributed by atoms with Crippen molar-refractivity contribution in [2.24, 2.45) is 0 Å². The Kier molecular flexibility index (Phi) is 4.15. The van der Waals surface area contributed by atoms with Gasteiger partial charge in [0, 0.05) is 9.13 Å². The van der Waals surface area contributed by atoms with Crippen LogP contribution in [0.15, 0.2) is 42.5 Å². The molecule has 0 fully saturated rings. The molecule has 0 bridgehead atoms. The maximum atomic E-state index is 13.4. The van der Waals surface area contributed by atoms with Gasteiger partial charge in [0.1, 0.15) is 29.8 Å². The normalized spacial score (nSPS) is 9.83. The summed E-state index contributed by atoms with van der Waals surface area (Å²) < 4.78 is 19.9. The van der Waals surface area contributed by atoms with Gasteiger partial charge in [-0.2, -0.15) is 5.26 Å². The highest BCUT2D eigenvalue weighted by atomic mass is 127. The molecule has 0 heterocycles. The van der Waals surface area contributed by atoms with Gasteiger partial charge < -0.3 is 4.74 Å². The summed E-state index contributed by atoms with van der Waals surface area (Å²) in [6, 6.07) is 13.9. The molecular formula is C14H9FINO. The third kappa shape index (κ3) is 2.79. The third-order valence-electron chi connectivity index (χ3n) is 2.43. The Morgan fingerprint density at radius 1 is 1.17 bits per heavy atom. The number of nitriles is 1. The van der Waals surface area contributed by atoms with Gasteiger partial charge in [0.25, 0.3) is 0 Å². The van der Waals surface area contributed by atoms with E-state index in [0.717, 1.165) is 9.13 Å². The number of benzene rings is 2. The molecule has 0 aliphatic heterocycles. The predicted molar refractivity (Wildman–Crippen MR) is 74.6 cm³/mol. The average Bonchev–Trinajstić information content (AvgIpc) is 2.38. The van der Waals surface area contributed by atoms with E-state index >= 15 is 0 Å². The molecule has 2 nitrogen and oxygen atoms in total. The summed E-state index contributed by atoms with van der Waals surface area (Å²) >= 11 is 2.21. The SMILES string of the molecule is N#Cc1c(F)cccc1OCc1ccccc1I. The van der Waals surface area contributed by atoms with Crippen molar-refractivity contribution in [1.82, 2.24) is 0 Å². The van der Waals surface area contributed by atoms with E-state index in [1.54, 1.807) is 6.07 Å². The average molecular weight is 353 g/mol. The topological polar surface area (TPSA) is 33.0 Å². The monoisotopic (exact) mass is 353 g/mol. The van der Waals surface area contributed by atoms with Crippen molar-refractivity contribution in [1.29, 1.82) is 5.26 Å². The van der Waals surface area contributed by atoms with Crippen LogP contribution in [0.3, 0.4) is 0 Å². The van der Waals surface area contributed by atoms with Crippen LogP contribution in [-0.4, -0.2) is 0 Å². The van der Waals surface area contributed by atoms with Gasteiger partial charge in [-0.25, -0.2) is 4.39 Å². The molecule has 2 rings (SSSR count). The van der Waals surface area contributed by atoms with Crippen LogP contribution in [0, 0.1) is 20.7 Å². The summed E-state index contributed by atoms with van der Waals surface area (Å²) in [7, 11) is 0. The smallest absolute Gasteiger partial charge is 0.144 e. The fourth-order valence-electron chi connectivity index (χ4n) is 1.50. The minimum absolute atomic E-state index is 0.0524. The van der Waals surface area contributed by atoms with E-state index in [2.05, 4.69) is 22.6 Å². The fraction of sp³-hybridized carbons (Fsp3) is 0.0714. The first kappa shape index (κ1) is 12.8. The summed E-state index contributed by atoms with van der Waals surface area (Å²) in [5, 5.41) is 8.88. The number of ether oxygens (including phenoxy) is 1. The molecule has 0 spiro atoms. The Hall–Kier alpha value is -1.61. The number of hydrogen-bond acceptors (Lipinski definition) is 2. The standard InChI is InChI=1S/C14H9FINO/c15-12-5-3-7-14(11(12)8-17)18-9-10-4-1-2-6-13(10)16/h1-7H,9H2. The minimum atomic E-state index is -0.558. The highest BCUT2D eigenvalue weighted by Gasteiger charge is 2.09. The maximum Gasteiger partial charge on any atom is 0.144 e. The molecule has 0 aliphatic carbocycles. The molecule has 0 saturated heterocycles. The van der Waals surface area contributed by atoms with E-state index in [1.165, 1.54) is 12.1 Å². The van der Waals surface area contributed by atoms with Gasteiger partial charge in [-0.1, -0.05) is 24.3 Å². The van der Waals surface area contributed by atoms with Crippen LogP contribution in [0.25, 0.3) is 0 Å². The second kappa shape index (κ2) is 5.83. The second-order valence-electron chi connectivity index (χ2n) is 3.60. The molecule has 0 saturated carbocycles. The zero-order valence-electron chi connectivity index (χ0n) is 9.36. The molecule has 0 aromatic heterocycles. The Labute approximate surface area is 118 Å². The van der Waals surface area contributed by atoms with Gasteiger partial charge in [-0.3, -0.25) is 0 Å². The largest absolute Gasteiger partial charge is 0.487 e. The molecular weight excluding hydrogens is 344 g/mol. The summed E-state index contributed by atoms with van der Waals surface area (Å²) in [4.78, 5) is 0. The van der Waals surface area contributed by atoms with E-state index in [4.69, 9.17) is 10.00 Å². The van der Waals surface area contributed by atoms with Crippen LogP contribution in [0.1, 0.15) is 11.1 Å². The first-order valence-corrected chi connectivity index (χ1v) is 6.35. The van der Waals surface area contributed by atoms with Crippen molar-refractivity contribution in [2.75, 3.05) is 0 Å². The molecule has 0 amide bonds. The van der Waals surface area contributed by atoms with E-state index in [-0.39, 0.29) is 11.3 Å². The number of hydrogen-bond donors (Lipinski definition) is 0. The molecule has 0 aliphatic rings. The Balaban J connectivity index is 2.19. The van der Waals surface area contributed by atoms with Gasteiger partial charge in [0.2, 0.25) is 0 Å². The van der Waals surface area contributed by atoms with E-state index in [9.17, 15) is 4.39 Å². The molecule has 2 aromatic carbocycles. The van der Waals surface area contributed by atoms with Crippen LogP contribution in [0.2, 0.25) is 0 Å². The summed E-state index contributed by atoms with van der Waals surface area (Å²) in [6.45, 7) is 0.317. The fourth-order valence-corrected chi connectivity index (χ4v) is 2.05. The summed E-state index contributed by atoms with van der Waals surface area (Å²) in [5.41, 5.74) is 0.953. The van der Waals surface area contributed by atoms with Gasteiger partial charge in [-0.05, 0) is 40.8 Å². The molecule has 2 aromatic rings. The van der Waals surface area contributed by atoms with E-state index in [1.807, 2.05) is 30.3 Å². The second-order valence-corrected chi connectivity index (χ2v) is 4.77. The lowest BCUT2D eigenvalue weighted by molar-refractivity contribution is 0.302. The van der Waals surface area contributed by atoms with Gasteiger partial charge in [-0.15, -0.1) is 0 Å². The maximum absolute atomic E-state index is 13.4. The zero-order chi connectivity index (χ0) is 13.0. The molecule has 0 radical (unpaired) electrons. The molecule has 4 heteroatoms. The number of nitrogens with zero attached hydrogens (tertiary/aromatic N) is 1. The molecule has 18 heavy (non-hydrogen) atoms. The molecule has 90 valence electrons. The van der Waals surface area contributed by atoms with Crippen molar-refractivity contribution in [3.63, 3.8) is 0 Å². The van der Waals surface area contributed by atoms with Crippen LogP contribution in [0.5, 0.6) is 5.75 Å². The van der Waals surface area contributed by atoms with Gasteiger partial charge in [0.05, 0.1) is 0 Å². The lowest BCUT2D eigenvalue weighted by Gasteiger charge is -2.09. The molecule has 0 N–H and O–H groups in total. The first-order valence-electron chi connectivity index (χ1n) is 5.27. The predicted octanol–water partition coefficient (Wildman–Crippen LogP) is 3.88. The minimum Gasteiger partial charge on any atom is -0.487 e. The Morgan fingerprint density at radius 2 is 1.94 bits per heavy atom. The van der Waals surface area contributed by atoms with Crippen molar-refractivity contribution in [3.8, 4) is 11.8 Å². The number of rotatable bonds is 3. The Morgan fingerprint density at radius 3 is 2.67 bits per heavy atom. The lowest BCUT2D eigenvalue weighted by Crippen LogP contribution is -2.00. The van der Waals surface area contributed by atoms with Crippen molar-refractivity contribution in [2.45, 2.75) is 6.61 Å². The van der Waals surface area contributed by atoms with Gasteiger partial charge >= 0.3 is 0 Å². The Bertz CT molecular complexity index is 607. The van der Waals surface area contributed by atoms with Crippen LogP contribution in [0.4, 0.5) is 4.39 Å². The zero-order valence-corrected chi connectivity index (χ0v) is 11.5. The lowest BCUT2D eigenvalue weighted by atomic mass is 10.2.